The van der Waals surface area contributed by atoms with Crippen LogP contribution in [-0.4, -0.2) is 21.2 Å². The number of aryl methyl sites for hydroxylation is 1. The summed E-state index contributed by atoms with van der Waals surface area (Å²) >= 11 is 4.36. The second kappa shape index (κ2) is 11.2. The van der Waals surface area contributed by atoms with E-state index in [0.29, 0.717) is 18.2 Å². The molecule has 1 unspecified atom stereocenters. The summed E-state index contributed by atoms with van der Waals surface area (Å²) in [7, 11) is 0. The summed E-state index contributed by atoms with van der Waals surface area (Å²) in [5, 5.41) is 3.10. The molecule has 5 heteroatoms. The first-order valence-electron chi connectivity index (χ1n) is 10.0. The Balaban J connectivity index is 2.10. The van der Waals surface area contributed by atoms with E-state index < -0.39 is 0 Å². The molecule has 148 valence electrons. The fourth-order valence-corrected chi connectivity index (χ4v) is 3.56. The van der Waals surface area contributed by atoms with E-state index in [1.807, 2.05) is 12.3 Å². The van der Waals surface area contributed by atoms with Crippen LogP contribution in [0.25, 0.3) is 0 Å². The molecule has 0 saturated carbocycles. The maximum Gasteiger partial charge on any atom is 0.224 e. The van der Waals surface area contributed by atoms with Crippen molar-refractivity contribution in [3.8, 4) is 0 Å². The van der Waals surface area contributed by atoms with Gasteiger partial charge in [-0.25, -0.2) is 4.98 Å². The van der Waals surface area contributed by atoms with Crippen LogP contribution in [0.3, 0.4) is 0 Å². The van der Waals surface area contributed by atoms with Crippen molar-refractivity contribution in [2.75, 3.05) is 5.75 Å². The molecule has 1 amide bonds. The minimum absolute atomic E-state index is 0.0432. The van der Waals surface area contributed by atoms with Crippen molar-refractivity contribution >= 4 is 18.5 Å². The van der Waals surface area contributed by atoms with E-state index in [1.54, 1.807) is 0 Å². The third kappa shape index (κ3) is 6.73. The number of benzene rings is 1. The van der Waals surface area contributed by atoms with E-state index in [2.05, 4.69) is 72.5 Å². The van der Waals surface area contributed by atoms with Crippen LogP contribution in [0.2, 0.25) is 0 Å². The molecule has 0 fully saturated rings. The van der Waals surface area contributed by atoms with Crippen LogP contribution in [0.1, 0.15) is 57.1 Å². The van der Waals surface area contributed by atoms with Crippen molar-refractivity contribution in [2.45, 2.75) is 59.5 Å². The molecule has 1 N–H and O–H groups in total. The zero-order valence-corrected chi connectivity index (χ0v) is 17.7. The van der Waals surface area contributed by atoms with Gasteiger partial charge in [0.2, 0.25) is 5.91 Å². The molecular formula is C22H33N3OS. The lowest BCUT2D eigenvalue weighted by Crippen LogP contribution is -2.32. The van der Waals surface area contributed by atoms with Gasteiger partial charge in [0, 0.05) is 24.6 Å². The SMILES string of the molecule is CCCCc1ncc(CNC(=O)C(CS)CC(C)C)n1Cc1ccccc1. The van der Waals surface area contributed by atoms with Gasteiger partial charge in [-0.15, -0.1) is 0 Å². The molecule has 2 aromatic rings. The first-order chi connectivity index (χ1) is 13.0. The van der Waals surface area contributed by atoms with Crippen molar-refractivity contribution in [3.63, 3.8) is 0 Å². The van der Waals surface area contributed by atoms with Gasteiger partial charge in [0.1, 0.15) is 5.82 Å². The Bertz CT molecular complexity index is 697. The predicted molar refractivity (Wildman–Crippen MR) is 115 cm³/mol. The number of hydrogen-bond acceptors (Lipinski definition) is 3. The maximum atomic E-state index is 12.5. The van der Waals surface area contributed by atoms with Gasteiger partial charge in [-0.1, -0.05) is 57.5 Å². The minimum atomic E-state index is -0.0432. The second-order valence-electron chi connectivity index (χ2n) is 7.57. The van der Waals surface area contributed by atoms with Crippen LogP contribution < -0.4 is 5.32 Å². The highest BCUT2D eigenvalue weighted by molar-refractivity contribution is 7.80. The average molecular weight is 388 g/mol. The lowest BCUT2D eigenvalue weighted by Gasteiger charge is -2.17. The first kappa shape index (κ1) is 21.5. The van der Waals surface area contributed by atoms with Gasteiger partial charge in [0.15, 0.2) is 0 Å². The van der Waals surface area contributed by atoms with Gasteiger partial charge in [0.05, 0.1) is 18.4 Å². The molecule has 0 spiro atoms. The normalized spacial score (nSPS) is 12.3. The van der Waals surface area contributed by atoms with E-state index in [4.69, 9.17) is 0 Å². The highest BCUT2D eigenvalue weighted by Crippen LogP contribution is 2.15. The van der Waals surface area contributed by atoms with E-state index in [-0.39, 0.29) is 11.8 Å². The van der Waals surface area contributed by atoms with Crippen LogP contribution in [0.5, 0.6) is 0 Å². The topological polar surface area (TPSA) is 46.9 Å². The zero-order chi connectivity index (χ0) is 19.6. The van der Waals surface area contributed by atoms with Crippen LogP contribution in [0.15, 0.2) is 36.5 Å². The number of unbranched alkanes of at least 4 members (excludes halogenated alkanes) is 1. The highest BCUT2D eigenvalue weighted by Gasteiger charge is 2.19. The number of nitrogens with one attached hydrogen (secondary N) is 1. The summed E-state index contributed by atoms with van der Waals surface area (Å²) in [5.74, 6) is 2.20. The number of imidazole rings is 1. The molecule has 2 rings (SSSR count). The van der Waals surface area contributed by atoms with Gasteiger partial charge in [-0.3, -0.25) is 4.79 Å². The number of hydrogen-bond donors (Lipinski definition) is 2. The van der Waals surface area contributed by atoms with Crippen molar-refractivity contribution < 1.29 is 4.79 Å². The number of amides is 1. The fourth-order valence-electron chi connectivity index (χ4n) is 3.24. The van der Waals surface area contributed by atoms with Gasteiger partial charge < -0.3 is 9.88 Å². The molecule has 4 nitrogen and oxygen atoms in total. The highest BCUT2D eigenvalue weighted by atomic mass is 32.1. The maximum absolute atomic E-state index is 12.5. The molecule has 0 saturated heterocycles. The Kier molecular flexibility index (Phi) is 8.92. The monoisotopic (exact) mass is 387 g/mol. The van der Waals surface area contributed by atoms with Crippen LogP contribution in [-0.2, 0) is 24.3 Å². The quantitative estimate of drug-likeness (QED) is 0.558. The third-order valence-corrected chi connectivity index (χ3v) is 5.19. The Morgan fingerprint density at radius 3 is 2.63 bits per heavy atom. The Morgan fingerprint density at radius 1 is 1.26 bits per heavy atom. The zero-order valence-electron chi connectivity index (χ0n) is 16.8. The molecule has 0 aliphatic heterocycles. The van der Waals surface area contributed by atoms with Crippen LogP contribution in [0, 0.1) is 11.8 Å². The van der Waals surface area contributed by atoms with E-state index in [1.165, 1.54) is 5.56 Å². The Hall–Kier alpha value is -1.75. The summed E-state index contributed by atoms with van der Waals surface area (Å²) in [4.78, 5) is 17.2. The average Bonchev–Trinajstić information content (AvgIpc) is 3.04. The number of carbonyl (C=O) groups is 1. The molecule has 0 aliphatic rings. The molecule has 1 aromatic carbocycles. The summed E-state index contributed by atoms with van der Waals surface area (Å²) in [5.41, 5.74) is 2.30. The van der Waals surface area contributed by atoms with Crippen molar-refractivity contribution in [2.24, 2.45) is 11.8 Å². The smallest absolute Gasteiger partial charge is 0.224 e. The number of aromatic nitrogens is 2. The molecule has 0 radical (unpaired) electrons. The lowest BCUT2D eigenvalue weighted by molar-refractivity contribution is -0.124. The molecule has 1 aromatic heterocycles. The molecule has 0 bridgehead atoms. The molecular weight excluding hydrogens is 354 g/mol. The fraction of sp³-hybridized carbons (Fsp3) is 0.545. The molecule has 1 heterocycles. The summed E-state index contributed by atoms with van der Waals surface area (Å²) < 4.78 is 2.25. The number of carbonyl (C=O) groups excluding carboxylic acids is 1. The Labute approximate surface area is 169 Å². The predicted octanol–water partition coefficient (Wildman–Crippen LogP) is 4.48. The van der Waals surface area contributed by atoms with Crippen LogP contribution in [0.4, 0.5) is 0 Å². The van der Waals surface area contributed by atoms with Crippen molar-refractivity contribution in [1.29, 1.82) is 0 Å². The molecule has 1 atom stereocenters. The standard InChI is InChI=1S/C22H33N3OS/c1-4-5-11-21-23-13-20(25(21)15-18-9-7-6-8-10-18)14-24-22(26)19(16-27)12-17(2)3/h6-10,13,17,19,27H,4-5,11-12,14-16H2,1-3H3,(H,24,26). The van der Waals surface area contributed by atoms with Crippen molar-refractivity contribution in [1.82, 2.24) is 14.9 Å². The summed E-state index contributed by atoms with van der Waals surface area (Å²) in [6.45, 7) is 7.76. The first-order valence-corrected chi connectivity index (χ1v) is 10.6. The lowest BCUT2D eigenvalue weighted by atomic mass is 9.98. The molecule has 0 aliphatic carbocycles. The van der Waals surface area contributed by atoms with Gasteiger partial charge in [-0.2, -0.15) is 12.6 Å². The largest absolute Gasteiger partial charge is 0.350 e. The van der Waals surface area contributed by atoms with E-state index in [0.717, 1.165) is 43.7 Å². The third-order valence-electron chi connectivity index (χ3n) is 4.75. The number of thiol groups is 1. The second-order valence-corrected chi connectivity index (χ2v) is 7.93. The number of nitrogens with zero attached hydrogens (tertiary/aromatic N) is 2. The van der Waals surface area contributed by atoms with Gasteiger partial charge in [0.25, 0.3) is 0 Å². The molecule has 27 heavy (non-hydrogen) atoms. The number of rotatable bonds is 11. The van der Waals surface area contributed by atoms with E-state index >= 15 is 0 Å². The van der Waals surface area contributed by atoms with Gasteiger partial charge in [-0.05, 0) is 24.3 Å². The summed E-state index contributed by atoms with van der Waals surface area (Å²) in [6.07, 6.45) is 5.99. The van der Waals surface area contributed by atoms with Gasteiger partial charge >= 0.3 is 0 Å². The minimum Gasteiger partial charge on any atom is -0.350 e. The summed E-state index contributed by atoms with van der Waals surface area (Å²) in [6, 6.07) is 10.4. The van der Waals surface area contributed by atoms with Crippen molar-refractivity contribution in [3.05, 3.63) is 53.6 Å². The van der Waals surface area contributed by atoms with Crippen LogP contribution >= 0.6 is 12.6 Å². The Morgan fingerprint density at radius 2 is 2.00 bits per heavy atom. The van der Waals surface area contributed by atoms with E-state index in [9.17, 15) is 4.79 Å².